The molecular formula is C28H52N2O4S. The van der Waals surface area contributed by atoms with Gasteiger partial charge in [-0.25, -0.2) is 5.48 Å². The molecule has 0 aliphatic carbocycles. The van der Waals surface area contributed by atoms with Gasteiger partial charge in [-0.2, -0.15) is 0 Å². The molecule has 0 unspecified atom stereocenters. The van der Waals surface area contributed by atoms with Gasteiger partial charge in [0.15, 0.2) is 0 Å². The molecule has 6 nitrogen and oxygen atoms in total. The number of hydrogen-bond acceptors (Lipinski definition) is 6. The van der Waals surface area contributed by atoms with Gasteiger partial charge < -0.3 is 4.74 Å². The van der Waals surface area contributed by atoms with Crippen molar-refractivity contribution in [2.24, 2.45) is 4.99 Å². The molecule has 0 fully saturated rings. The Hall–Kier alpha value is -2.38. The molecule has 1 aromatic carbocycles. The molecule has 1 N–H and O–H groups in total. The Balaban J connectivity index is -0.000000118. The van der Waals surface area contributed by atoms with Crippen LogP contribution in [0.4, 0.5) is 0 Å². The summed E-state index contributed by atoms with van der Waals surface area (Å²) in [7, 11) is 1.39. The molecule has 0 spiro atoms. The second kappa shape index (κ2) is 38.9. The van der Waals surface area contributed by atoms with Crippen LogP contribution in [-0.4, -0.2) is 31.8 Å². The third-order valence-electron chi connectivity index (χ3n) is 2.76. The third-order valence-corrected chi connectivity index (χ3v) is 3.83. The van der Waals surface area contributed by atoms with Crippen molar-refractivity contribution in [1.29, 1.82) is 0 Å². The maximum Gasteiger partial charge on any atom is 0.293 e. The molecule has 2 rings (SSSR count). The number of allylic oxidation sites excluding steroid dienone is 1. The fourth-order valence-corrected chi connectivity index (χ4v) is 2.57. The van der Waals surface area contributed by atoms with Crippen LogP contribution in [0.25, 0.3) is 0 Å². The van der Waals surface area contributed by atoms with E-state index in [1.165, 1.54) is 30.1 Å². The number of fused-ring (bicyclic) bond motifs is 1. The summed E-state index contributed by atoms with van der Waals surface area (Å²) in [6, 6.07) is 8.37. The molecule has 204 valence electrons. The predicted octanol–water partition coefficient (Wildman–Crippen LogP) is 8.38. The summed E-state index contributed by atoms with van der Waals surface area (Å²) in [6.07, 6.45) is 3.06. The summed E-state index contributed by atoms with van der Waals surface area (Å²) in [5.41, 5.74) is 5.57. The molecule has 0 saturated heterocycles. The Morgan fingerprint density at radius 3 is 1.97 bits per heavy atom. The van der Waals surface area contributed by atoms with E-state index >= 15 is 0 Å². The van der Waals surface area contributed by atoms with Crippen molar-refractivity contribution in [3.8, 4) is 0 Å². The van der Waals surface area contributed by atoms with E-state index in [2.05, 4.69) is 77.1 Å². The molecule has 0 atom stereocenters. The third kappa shape index (κ3) is 31.6. The lowest BCUT2D eigenvalue weighted by molar-refractivity contribution is -0.130. The summed E-state index contributed by atoms with van der Waals surface area (Å²) in [4.78, 5) is 29.6. The van der Waals surface area contributed by atoms with Crippen molar-refractivity contribution in [3.63, 3.8) is 0 Å². The number of nitrogens with zero attached hydrogens (tertiary/aromatic N) is 1. The van der Waals surface area contributed by atoms with Gasteiger partial charge in [-0.15, -0.1) is 6.58 Å². The Bertz CT molecular complexity index is 660. The molecule has 1 aliphatic heterocycles. The standard InChI is InChI=1S/C11H11NS.C5H9NO2.C3H6O2.C3H8.3C2H6/c1-8-7-13-11-6-4-3-5-10(11)9(2)12-8;1-3-4-5(7)6-8-2;1-2-5-3-4;1-3-2;3*1-2/h3-7H,1-2H3;3H,1,4H2,2H3,(H,6,7);3H,2H2,1H3;3H2,1-2H3;3*1-2H3. The highest BCUT2D eigenvalue weighted by Crippen LogP contribution is 2.28. The first-order valence-corrected chi connectivity index (χ1v) is 13.3. The highest BCUT2D eigenvalue weighted by atomic mass is 32.2. The minimum Gasteiger partial charge on any atom is -0.468 e. The number of benzene rings is 1. The van der Waals surface area contributed by atoms with E-state index in [1.807, 2.05) is 48.5 Å². The topological polar surface area (TPSA) is 77.0 Å². The van der Waals surface area contributed by atoms with Crippen molar-refractivity contribution in [2.75, 3.05) is 13.7 Å². The Kier molecular flexibility index (Phi) is 47.5. The number of aliphatic imine (C=N–C) groups is 1. The van der Waals surface area contributed by atoms with Crippen molar-refractivity contribution in [1.82, 2.24) is 5.48 Å². The van der Waals surface area contributed by atoms with E-state index in [-0.39, 0.29) is 5.91 Å². The summed E-state index contributed by atoms with van der Waals surface area (Å²) < 4.78 is 4.15. The van der Waals surface area contributed by atoms with E-state index in [4.69, 9.17) is 0 Å². The van der Waals surface area contributed by atoms with E-state index in [0.29, 0.717) is 19.5 Å². The van der Waals surface area contributed by atoms with Crippen LogP contribution in [0.2, 0.25) is 0 Å². The first kappa shape index (κ1) is 42.8. The van der Waals surface area contributed by atoms with Crippen LogP contribution in [0.5, 0.6) is 0 Å². The first-order chi connectivity index (χ1) is 16.9. The smallest absolute Gasteiger partial charge is 0.293 e. The number of amides is 1. The second-order valence-corrected chi connectivity index (χ2v) is 6.46. The molecule has 0 aromatic heterocycles. The molecule has 1 heterocycles. The van der Waals surface area contributed by atoms with Crippen LogP contribution in [0, 0.1) is 0 Å². The molecule has 1 amide bonds. The predicted molar refractivity (Wildman–Crippen MR) is 156 cm³/mol. The van der Waals surface area contributed by atoms with Crippen LogP contribution in [0.15, 0.2) is 57.9 Å². The zero-order valence-corrected chi connectivity index (χ0v) is 25.2. The molecule has 1 aliphatic rings. The number of thioether (sulfide) groups is 1. The van der Waals surface area contributed by atoms with E-state index in [9.17, 15) is 9.59 Å². The quantitative estimate of drug-likeness (QED) is 0.243. The fourth-order valence-electron chi connectivity index (χ4n) is 1.72. The highest BCUT2D eigenvalue weighted by molar-refractivity contribution is 8.02. The molecule has 35 heavy (non-hydrogen) atoms. The molecule has 0 saturated carbocycles. The maximum absolute atomic E-state index is 10.3. The maximum atomic E-state index is 10.3. The van der Waals surface area contributed by atoms with Crippen LogP contribution in [0.3, 0.4) is 0 Å². The van der Waals surface area contributed by atoms with Gasteiger partial charge in [0.05, 0.1) is 13.7 Å². The zero-order valence-electron chi connectivity index (χ0n) is 24.4. The number of nitrogens with one attached hydrogen (secondary N) is 1. The van der Waals surface area contributed by atoms with Gasteiger partial charge in [0.25, 0.3) is 6.47 Å². The van der Waals surface area contributed by atoms with Gasteiger partial charge in [0, 0.05) is 28.3 Å². The molecular weight excluding hydrogens is 460 g/mol. The van der Waals surface area contributed by atoms with Gasteiger partial charge >= 0.3 is 0 Å². The molecule has 7 heteroatoms. The number of hydroxylamine groups is 1. The lowest BCUT2D eigenvalue weighted by atomic mass is 10.1. The molecule has 1 aromatic rings. The van der Waals surface area contributed by atoms with E-state index < -0.39 is 0 Å². The van der Waals surface area contributed by atoms with Gasteiger partial charge in [0.2, 0.25) is 5.91 Å². The summed E-state index contributed by atoms with van der Waals surface area (Å²) >= 11 is 1.74. The Morgan fingerprint density at radius 2 is 1.57 bits per heavy atom. The lowest BCUT2D eigenvalue weighted by Gasteiger charge is -2.02. The first-order valence-electron chi connectivity index (χ1n) is 12.4. The summed E-state index contributed by atoms with van der Waals surface area (Å²) in [5.74, 6) is -0.178. The van der Waals surface area contributed by atoms with Crippen LogP contribution >= 0.6 is 11.8 Å². The normalized spacial score (nSPS) is 9.60. The lowest BCUT2D eigenvalue weighted by Crippen LogP contribution is -2.20. The van der Waals surface area contributed by atoms with Gasteiger partial charge in [0.1, 0.15) is 0 Å². The largest absolute Gasteiger partial charge is 0.468 e. The second-order valence-electron chi connectivity index (χ2n) is 5.55. The summed E-state index contributed by atoms with van der Waals surface area (Å²) in [6.45, 7) is 26.4. The van der Waals surface area contributed by atoms with Gasteiger partial charge in [-0.3, -0.25) is 19.4 Å². The Morgan fingerprint density at radius 1 is 1.06 bits per heavy atom. The minimum atomic E-state index is -0.178. The average Bonchev–Trinajstić information content (AvgIpc) is 3.03. The van der Waals surface area contributed by atoms with E-state index in [0.717, 1.165) is 11.4 Å². The fraction of sp³-hybridized carbons (Fsp3) is 0.536. The van der Waals surface area contributed by atoms with Crippen LogP contribution in [0.1, 0.15) is 94.6 Å². The number of hydrogen-bond donors (Lipinski definition) is 1. The van der Waals surface area contributed by atoms with Crippen molar-refractivity contribution in [2.45, 2.75) is 93.9 Å². The zero-order chi connectivity index (χ0) is 28.5. The van der Waals surface area contributed by atoms with Crippen LogP contribution < -0.4 is 5.48 Å². The number of carbonyl (C=O) groups excluding carboxylic acids is 2. The van der Waals surface area contributed by atoms with E-state index in [1.54, 1.807) is 18.7 Å². The van der Waals surface area contributed by atoms with Crippen molar-refractivity contribution < 1.29 is 19.2 Å². The summed E-state index contributed by atoms with van der Waals surface area (Å²) in [5, 5.41) is 2.09. The van der Waals surface area contributed by atoms with Crippen LogP contribution in [-0.2, 0) is 19.2 Å². The highest BCUT2D eigenvalue weighted by Gasteiger charge is 2.07. The average molecular weight is 513 g/mol. The van der Waals surface area contributed by atoms with Gasteiger partial charge in [-0.05, 0) is 32.2 Å². The Labute approximate surface area is 220 Å². The molecule has 0 bridgehead atoms. The number of ether oxygens (including phenoxy) is 1. The SMILES string of the molecule is C=CCC(=O)NOC.CC.CC.CC.CC1=CSc2ccccc2C(C)=N1.CCC.CCOC=O. The number of carbonyl (C=O) groups is 2. The van der Waals surface area contributed by atoms with Crippen molar-refractivity contribution >= 4 is 29.9 Å². The molecule has 0 radical (unpaired) electrons. The van der Waals surface area contributed by atoms with Crippen molar-refractivity contribution in [3.05, 3.63) is 53.6 Å². The monoisotopic (exact) mass is 512 g/mol. The van der Waals surface area contributed by atoms with Gasteiger partial charge in [-0.1, -0.05) is 97.8 Å². The minimum absolute atomic E-state index is 0.178. The number of rotatable bonds is 5.